The number of nitrogens with one attached hydrogen (secondary N) is 1. The van der Waals surface area contributed by atoms with Gasteiger partial charge >= 0.3 is 5.97 Å². The number of ether oxygens (including phenoxy) is 1. The minimum atomic E-state index is -1.07. The fraction of sp³-hybridized carbons (Fsp3) is 0.0769. The second-order valence-electron chi connectivity index (χ2n) is 3.77. The summed E-state index contributed by atoms with van der Waals surface area (Å²) in [7, 11) is 1.06. The monoisotopic (exact) mass is 281 g/mol. The lowest BCUT2D eigenvalue weighted by atomic mass is 10.1. The van der Waals surface area contributed by atoms with E-state index >= 15 is 0 Å². The van der Waals surface area contributed by atoms with Crippen LogP contribution in [0.15, 0.2) is 35.1 Å². The van der Waals surface area contributed by atoms with Crippen LogP contribution in [0.25, 0.3) is 0 Å². The van der Waals surface area contributed by atoms with Gasteiger partial charge < -0.3 is 14.5 Å². The van der Waals surface area contributed by atoms with E-state index in [0.29, 0.717) is 6.07 Å². The van der Waals surface area contributed by atoms with Gasteiger partial charge in [0.1, 0.15) is 17.9 Å². The van der Waals surface area contributed by atoms with E-state index in [0.717, 1.165) is 19.4 Å². The molecule has 0 unspecified atom stereocenters. The fourth-order valence-electron chi connectivity index (χ4n) is 1.50. The van der Waals surface area contributed by atoms with E-state index in [-0.39, 0.29) is 11.3 Å². The maximum absolute atomic E-state index is 13.6. The number of hydrogen-bond donors (Lipinski definition) is 1. The molecule has 0 spiro atoms. The van der Waals surface area contributed by atoms with E-state index in [2.05, 4.69) is 10.1 Å². The summed E-state index contributed by atoms with van der Waals surface area (Å²) in [5.41, 5.74) is -0.650. The number of hydrogen-bond acceptors (Lipinski definition) is 4. The van der Waals surface area contributed by atoms with Crippen LogP contribution in [0.3, 0.4) is 0 Å². The lowest BCUT2D eigenvalue weighted by molar-refractivity contribution is 0.0595. The zero-order valence-electron chi connectivity index (χ0n) is 10.3. The van der Waals surface area contributed by atoms with Gasteiger partial charge in [0.2, 0.25) is 0 Å². The van der Waals surface area contributed by atoms with Crippen LogP contribution in [-0.2, 0) is 4.74 Å². The number of benzene rings is 1. The molecule has 1 amide bonds. The molecule has 2 aromatic rings. The third-order valence-electron chi connectivity index (χ3n) is 2.49. The van der Waals surface area contributed by atoms with Gasteiger partial charge in [-0.1, -0.05) is 0 Å². The van der Waals surface area contributed by atoms with E-state index < -0.39 is 29.1 Å². The highest BCUT2D eigenvalue weighted by Gasteiger charge is 2.18. The van der Waals surface area contributed by atoms with Crippen LogP contribution in [0.4, 0.5) is 14.5 Å². The van der Waals surface area contributed by atoms with Gasteiger partial charge in [-0.05, 0) is 12.1 Å². The first-order valence-electron chi connectivity index (χ1n) is 5.44. The Labute approximate surface area is 112 Å². The standard InChI is InChI=1S/C13H9F2NO4/c1-19-13(18)8-4-11(10(15)5-9(8)14)16-12(17)7-2-3-20-6-7/h2-6H,1H3,(H,16,17). The number of furan rings is 1. The van der Waals surface area contributed by atoms with Gasteiger partial charge in [-0.25, -0.2) is 13.6 Å². The Balaban J connectivity index is 2.32. The molecule has 2 rings (SSSR count). The second kappa shape index (κ2) is 5.52. The van der Waals surface area contributed by atoms with E-state index in [4.69, 9.17) is 4.42 Å². The van der Waals surface area contributed by atoms with E-state index in [1.54, 1.807) is 0 Å². The minimum Gasteiger partial charge on any atom is -0.472 e. The quantitative estimate of drug-likeness (QED) is 0.878. The summed E-state index contributed by atoms with van der Waals surface area (Å²) in [6.07, 6.45) is 2.44. The summed E-state index contributed by atoms with van der Waals surface area (Å²) < 4.78 is 36.1. The highest BCUT2D eigenvalue weighted by Crippen LogP contribution is 2.21. The van der Waals surface area contributed by atoms with Crippen LogP contribution in [0.1, 0.15) is 20.7 Å². The highest BCUT2D eigenvalue weighted by molar-refractivity contribution is 6.04. The first-order chi connectivity index (χ1) is 9.52. The Morgan fingerprint density at radius 3 is 2.60 bits per heavy atom. The largest absolute Gasteiger partial charge is 0.472 e. The Kier molecular flexibility index (Phi) is 3.79. The van der Waals surface area contributed by atoms with Gasteiger partial charge in [-0.3, -0.25) is 4.79 Å². The molecule has 0 aliphatic carbocycles. The molecular weight excluding hydrogens is 272 g/mol. The summed E-state index contributed by atoms with van der Waals surface area (Å²) >= 11 is 0. The zero-order chi connectivity index (χ0) is 14.7. The maximum atomic E-state index is 13.6. The molecule has 20 heavy (non-hydrogen) atoms. The lowest BCUT2D eigenvalue weighted by Crippen LogP contribution is -2.14. The Bertz CT molecular complexity index is 653. The third-order valence-corrected chi connectivity index (χ3v) is 2.49. The van der Waals surface area contributed by atoms with Crippen molar-refractivity contribution in [1.82, 2.24) is 0 Å². The Morgan fingerprint density at radius 1 is 1.25 bits per heavy atom. The van der Waals surface area contributed by atoms with Gasteiger partial charge in [-0.15, -0.1) is 0 Å². The van der Waals surface area contributed by atoms with Crippen molar-refractivity contribution in [2.75, 3.05) is 12.4 Å². The molecule has 0 radical (unpaired) electrons. The maximum Gasteiger partial charge on any atom is 0.340 e. The first kappa shape index (κ1) is 13.7. The fourth-order valence-corrected chi connectivity index (χ4v) is 1.50. The molecule has 0 bridgehead atoms. The molecule has 0 aliphatic rings. The SMILES string of the molecule is COC(=O)c1cc(NC(=O)c2ccoc2)c(F)cc1F. The molecule has 1 aromatic carbocycles. The molecule has 0 atom stereocenters. The summed E-state index contributed by atoms with van der Waals surface area (Å²) in [6.45, 7) is 0. The molecular formula is C13H9F2NO4. The van der Waals surface area contributed by atoms with Gasteiger partial charge in [-0.2, -0.15) is 0 Å². The molecule has 1 heterocycles. The number of amides is 1. The van der Waals surface area contributed by atoms with Crippen molar-refractivity contribution in [2.45, 2.75) is 0 Å². The summed E-state index contributed by atoms with van der Waals surface area (Å²) in [4.78, 5) is 23.0. The number of anilines is 1. The number of esters is 1. The van der Waals surface area contributed by atoms with Crippen molar-refractivity contribution >= 4 is 17.6 Å². The molecule has 104 valence electrons. The second-order valence-corrected chi connectivity index (χ2v) is 3.77. The minimum absolute atomic E-state index is 0.161. The number of carbonyl (C=O) groups excluding carboxylic acids is 2. The third kappa shape index (κ3) is 2.66. The van der Waals surface area contributed by atoms with Crippen LogP contribution in [-0.4, -0.2) is 19.0 Å². The summed E-state index contributed by atoms with van der Waals surface area (Å²) in [5, 5.41) is 2.21. The van der Waals surface area contributed by atoms with Gasteiger partial charge in [0.05, 0.1) is 30.2 Å². The number of halogens is 2. The Hall–Kier alpha value is -2.70. The number of methoxy groups -OCH3 is 1. The molecule has 0 saturated carbocycles. The molecule has 1 N–H and O–H groups in total. The predicted molar refractivity (Wildman–Crippen MR) is 64.4 cm³/mol. The summed E-state index contributed by atoms with van der Waals surface area (Å²) in [5.74, 6) is -3.70. The molecule has 0 aliphatic heterocycles. The van der Waals surface area contributed by atoms with Crippen LogP contribution >= 0.6 is 0 Å². The number of carbonyl (C=O) groups is 2. The van der Waals surface area contributed by atoms with Gasteiger partial charge in [0.25, 0.3) is 5.91 Å². The molecule has 5 nitrogen and oxygen atoms in total. The predicted octanol–water partition coefficient (Wildman–Crippen LogP) is 2.60. The normalized spacial score (nSPS) is 10.2. The topological polar surface area (TPSA) is 68.5 Å². The van der Waals surface area contributed by atoms with Crippen molar-refractivity contribution < 1.29 is 27.5 Å². The van der Waals surface area contributed by atoms with Crippen molar-refractivity contribution in [3.05, 3.63) is 53.5 Å². The van der Waals surface area contributed by atoms with Crippen molar-refractivity contribution in [3.8, 4) is 0 Å². The molecule has 7 heteroatoms. The van der Waals surface area contributed by atoms with E-state index in [1.807, 2.05) is 0 Å². The smallest absolute Gasteiger partial charge is 0.340 e. The van der Waals surface area contributed by atoms with E-state index in [1.165, 1.54) is 12.3 Å². The lowest BCUT2D eigenvalue weighted by Gasteiger charge is -2.08. The van der Waals surface area contributed by atoms with Crippen molar-refractivity contribution in [2.24, 2.45) is 0 Å². The molecule has 0 fully saturated rings. The zero-order valence-corrected chi connectivity index (χ0v) is 10.3. The summed E-state index contributed by atoms with van der Waals surface area (Å²) in [6, 6.07) is 2.74. The van der Waals surface area contributed by atoms with Crippen LogP contribution < -0.4 is 5.32 Å². The van der Waals surface area contributed by atoms with Gasteiger partial charge in [0, 0.05) is 6.07 Å². The first-order valence-corrected chi connectivity index (χ1v) is 5.44. The Morgan fingerprint density at radius 2 is 2.00 bits per heavy atom. The van der Waals surface area contributed by atoms with Crippen LogP contribution in [0, 0.1) is 11.6 Å². The van der Waals surface area contributed by atoms with E-state index in [9.17, 15) is 18.4 Å². The van der Waals surface area contributed by atoms with Crippen molar-refractivity contribution in [1.29, 1.82) is 0 Å². The number of rotatable bonds is 3. The van der Waals surface area contributed by atoms with Crippen molar-refractivity contribution in [3.63, 3.8) is 0 Å². The molecule has 0 saturated heterocycles. The van der Waals surface area contributed by atoms with Crippen LogP contribution in [0.5, 0.6) is 0 Å². The van der Waals surface area contributed by atoms with Crippen LogP contribution in [0.2, 0.25) is 0 Å². The molecule has 1 aromatic heterocycles. The van der Waals surface area contributed by atoms with Gasteiger partial charge in [0.15, 0.2) is 0 Å². The average Bonchev–Trinajstić information content (AvgIpc) is 2.95. The highest BCUT2D eigenvalue weighted by atomic mass is 19.1. The average molecular weight is 281 g/mol.